The first-order chi connectivity index (χ1) is 12.1. The van der Waals surface area contributed by atoms with Crippen LogP contribution in [0.15, 0.2) is 78.9 Å². The number of para-hydroxylation sites is 2. The smallest absolute Gasteiger partial charge is 0.278 e. The Morgan fingerprint density at radius 3 is 1.36 bits per heavy atom. The van der Waals surface area contributed by atoms with Crippen molar-refractivity contribution in [3.05, 3.63) is 99.1 Å². The molecule has 0 heterocycles. The highest BCUT2D eigenvalue weighted by molar-refractivity contribution is 5.78. The molecule has 0 spiro atoms. The van der Waals surface area contributed by atoms with Crippen molar-refractivity contribution in [2.24, 2.45) is 0 Å². The number of nitro benzene ring substituents is 2. The Morgan fingerprint density at radius 2 is 1.00 bits per heavy atom. The lowest BCUT2D eigenvalue weighted by atomic mass is 10.1. The molecule has 0 radical (unpaired) electrons. The van der Waals surface area contributed by atoms with Gasteiger partial charge in [0, 0.05) is 23.5 Å². The van der Waals surface area contributed by atoms with E-state index in [0.717, 1.165) is 17.4 Å². The van der Waals surface area contributed by atoms with Crippen LogP contribution in [0.2, 0.25) is 0 Å². The van der Waals surface area contributed by atoms with Gasteiger partial charge in [0.15, 0.2) is 0 Å². The van der Waals surface area contributed by atoms with Gasteiger partial charge in [0.25, 0.3) is 11.4 Å². The molecule has 7 heteroatoms. The lowest BCUT2D eigenvalue weighted by Crippen LogP contribution is -2.10. The van der Waals surface area contributed by atoms with E-state index in [0.29, 0.717) is 5.69 Å². The van der Waals surface area contributed by atoms with Crippen LogP contribution in [0.1, 0.15) is 0 Å². The van der Waals surface area contributed by atoms with Gasteiger partial charge in [-0.1, -0.05) is 36.4 Å². The van der Waals surface area contributed by atoms with Crippen molar-refractivity contribution in [3.8, 4) is 0 Å². The van der Waals surface area contributed by atoms with Gasteiger partial charge in [0.2, 0.25) is 0 Å². The van der Waals surface area contributed by atoms with E-state index in [1.54, 1.807) is 4.90 Å². The molecular formula is C18H13N3O4. The molecule has 0 N–H and O–H groups in total. The number of hydrogen-bond acceptors (Lipinski definition) is 5. The molecule has 0 bridgehead atoms. The fraction of sp³-hybridized carbons (Fsp3) is 0. The zero-order valence-electron chi connectivity index (χ0n) is 13.0. The van der Waals surface area contributed by atoms with E-state index in [1.165, 1.54) is 12.1 Å². The van der Waals surface area contributed by atoms with E-state index < -0.39 is 9.85 Å². The van der Waals surface area contributed by atoms with Crippen LogP contribution in [-0.2, 0) is 0 Å². The monoisotopic (exact) mass is 335 g/mol. The summed E-state index contributed by atoms with van der Waals surface area (Å²) in [6, 6.07) is 22.0. The molecule has 3 rings (SSSR count). The second-order valence-corrected chi connectivity index (χ2v) is 5.23. The highest BCUT2D eigenvalue weighted by atomic mass is 16.6. The number of nitro groups is 2. The highest BCUT2D eigenvalue weighted by Gasteiger charge is 2.21. The normalized spacial score (nSPS) is 10.2. The van der Waals surface area contributed by atoms with Gasteiger partial charge < -0.3 is 4.90 Å². The maximum atomic E-state index is 11.2. The Morgan fingerprint density at radius 1 is 0.600 bits per heavy atom. The molecule has 7 nitrogen and oxygen atoms in total. The lowest BCUT2D eigenvalue weighted by Gasteiger charge is -2.25. The minimum absolute atomic E-state index is 0.332. The molecule has 0 aliphatic heterocycles. The molecule has 0 amide bonds. The quantitative estimate of drug-likeness (QED) is 0.485. The number of rotatable bonds is 5. The van der Waals surface area contributed by atoms with Gasteiger partial charge in [-0.2, -0.15) is 0 Å². The molecule has 0 aromatic heterocycles. The average Bonchev–Trinajstić information content (AvgIpc) is 2.63. The van der Waals surface area contributed by atoms with Gasteiger partial charge in [-0.25, -0.2) is 0 Å². The minimum atomic E-state index is -0.634. The molecule has 3 aromatic rings. The molecule has 0 atom stereocenters. The number of nitrogens with zero attached hydrogens (tertiary/aromatic N) is 3. The zero-order chi connectivity index (χ0) is 17.8. The summed E-state index contributed by atoms with van der Waals surface area (Å²) >= 11 is 0. The molecule has 0 saturated carbocycles. The molecule has 25 heavy (non-hydrogen) atoms. The Balaban J connectivity index is 2.23. The van der Waals surface area contributed by atoms with E-state index in [2.05, 4.69) is 0 Å². The molecule has 0 saturated heterocycles. The summed E-state index contributed by atoms with van der Waals surface area (Å²) in [5.41, 5.74) is 1.16. The Labute approximate surface area is 143 Å². The van der Waals surface area contributed by atoms with Gasteiger partial charge in [-0.05, 0) is 24.3 Å². The molecule has 0 aliphatic carbocycles. The summed E-state index contributed by atoms with van der Waals surface area (Å²) < 4.78 is 0. The molecule has 0 fully saturated rings. The molecule has 0 unspecified atom stereocenters. The van der Waals surface area contributed by atoms with E-state index in [-0.39, 0.29) is 11.4 Å². The topological polar surface area (TPSA) is 89.5 Å². The van der Waals surface area contributed by atoms with Crippen molar-refractivity contribution in [2.45, 2.75) is 0 Å². The van der Waals surface area contributed by atoms with E-state index in [9.17, 15) is 20.2 Å². The van der Waals surface area contributed by atoms with Crippen LogP contribution in [0.3, 0.4) is 0 Å². The van der Waals surface area contributed by atoms with Crippen molar-refractivity contribution in [1.29, 1.82) is 0 Å². The predicted molar refractivity (Wildman–Crippen MR) is 94.4 cm³/mol. The largest absolute Gasteiger partial charge is 0.310 e. The van der Waals surface area contributed by atoms with Crippen LogP contribution in [0.4, 0.5) is 28.4 Å². The minimum Gasteiger partial charge on any atom is -0.310 e. The van der Waals surface area contributed by atoms with Crippen LogP contribution < -0.4 is 4.90 Å². The molecule has 124 valence electrons. The second kappa shape index (κ2) is 6.79. The second-order valence-electron chi connectivity index (χ2n) is 5.23. The Hall–Kier alpha value is -3.74. The van der Waals surface area contributed by atoms with Crippen LogP contribution in [0.25, 0.3) is 0 Å². The van der Waals surface area contributed by atoms with E-state index >= 15 is 0 Å². The number of hydrogen-bond donors (Lipinski definition) is 0. The lowest BCUT2D eigenvalue weighted by molar-refractivity contribution is -0.394. The molecular weight excluding hydrogens is 322 g/mol. The zero-order valence-corrected chi connectivity index (χ0v) is 13.0. The summed E-state index contributed by atoms with van der Waals surface area (Å²) in [5, 5.41) is 22.4. The van der Waals surface area contributed by atoms with Crippen LogP contribution >= 0.6 is 0 Å². The third-order valence-corrected chi connectivity index (χ3v) is 3.60. The standard InChI is InChI=1S/C18H13N3O4/c22-20(23)17-11-16(12-18(13-17)21(24)25)19(14-7-3-1-4-8-14)15-9-5-2-6-10-15/h1-13H. The summed E-state index contributed by atoms with van der Waals surface area (Å²) in [6.45, 7) is 0. The van der Waals surface area contributed by atoms with Crippen molar-refractivity contribution in [1.82, 2.24) is 0 Å². The van der Waals surface area contributed by atoms with Gasteiger partial charge in [0.05, 0.1) is 21.6 Å². The SMILES string of the molecule is O=[N+]([O-])c1cc(N(c2ccccc2)c2ccccc2)cc([N+](=O)[O-])c1. The molecule has 0 aliphatic rings. The Kier molecular flexibility index (Phi) is 4.38. The summed E-state index contributed by atoms with van der Waals surface area (Å²) in [6.07, 6.45) is 0. The Bertz CT molecular complexity index is 842. The van der Waals surface area contributed by atoms with E-state index in [1.807, 2.05) is 60.7 Å². The fourth-order valence-corrected chi connectivity index (χ4v) is 2.52. The van der Waals surface area contributed by atoms with Crippen molar-refractivity contribution in [3.63, 3.8) is 0 Å². The summed E-state index contributed by atoms with van der Waals surface area (Å²) in [4.78, 5) is 22.8. The summed E-state index contributed by atoms with van der Waals surface area (Å²) in [7, 11) is 0. The average molecular weight is 335 g/mol. The summed E-state index contributed by atoms with van der Waals surface area (Å²) in [5.74, 6) is 0. The third kappa shape index (κ3) is 3.45. The first-order valence-electron chi connectivity index (χ1n) is 7.40. The first-order valence-corrected chi connectivity index (χ1v) is 7.40. The number of anilines is 3. The third-order valence-electron chi connectivity index (χ3n) is 3.60. The number of non-ortho nitro benzene ring substituents is 2. The number of benzene rings is 3. The van der Waals surface area contributed by atoms with E-state index in [4.69, 9.17) is 0 Å². The first kappa shape index (κ1) is 16.1. The van der Waals surface area contributed by atoms with Crippen LogP contribution in [-0.4, -0.2) is 9.85 Å². The van der Waals surface area contributed by atoms with Crippen molar-refractivity contribution < 1.29 is 9.85 Å². The molecule has 3 aromatic carbocycles. The fourth-order valence-electron chi connectivity index (χ4n) is 2.52. The van der Waals surface area contributed by atoms with Gasteiger partial charge in [0.1, 0.15) is 0 Å². The van der Waals surface area contributed by atoms with Crippen LogP contribution in [0, 0.1) is 20.2 Å². The van der Waals surface area contributed by atoms with Gasteiger partial charge in [-0.15, -0.1) is 0 Å². The van der Waals surface area contributed by atoms with Crippen molar-refractivity contribution in [2.75, 3.05) is 4.90 Å². The highest BCUT2D eigenvalue weighted by Crippen LogP contribution is 2.38. The predicted octanol–water partition coefficient (Wildman–Crippen LogP) is 4.97. The van der Waals surface area contributed by atoms with Crippen molar-refractivity contribution >= 4 is 28.4 Å². The maximum Gasteiger partial charge on any atom is 0.278 e. The van der Waals surface area contributed by atoms with Crippen LogP contribution in [0.5, 0.6) is 0 Å². The van der Waals surface area contributed by atoms with Gasteiger partial charge >= 0.3 is 0 Å². The van der Waals surface area contributed by atoms with Gasteiger partial charge in [-0.3, -0.25) is 20.2 Å². The maximum absolute atomic E-state index is 11.2.